The zero-order valence-corrected chi connectivity index (χ0v) is 20.0. The summed E-state index contributed by atoms with van der Waals surface area (Å²) < 4.78 is 11.1. The molecule has 0 bridgehead atoms. The van der Waals surface area contributed by atoms with E-state index < -0.39 is 30.1 Å². The number of aliphatic carboxylic acids is 1. The molecule has 1 saturated heterocycles. The summed E-state index contributed by atoms with van der Waals surface area (Å²) in [7, 11) is 0. The maximum absolute atomic E-state index is 12.7. The molecule has 0 spiro atoms. The maximum atomic E-state index is 12.7. The van der Waals surface area contributed by atoms with E-state index in [-0.39, 0.29) is 30.9 Å². The van der Waals surface area contributed by atoms with Gasteiger partial charge in [0.05, 0.1) is 0 Å². The third-order valence-corrected chi connectivity index (χ3v) is 7.10. The highest BCUT2D eigenvalue weighted by Crippen LogP contribution is 2.44. The highest BCUT2D eigenvalue weighted by atomic mass is 16.5. The Balaban J connectivity index is 1.31. The summed E-state index contributed by atoms with van der Waals surface area (Å²) in [5.74, 6) is -2.04. The van der Waals surface area contributed by atoms with E-state index in [2.05, 4.69) is 34.9 Å². The van der Waals surface area contributed by atoms with Gasteiger partial charge < -0.3 is 25.2 Å². The molecule has 8 nitrogen and oxygen atoms in total. The average Bonchev–Trinajstić information content (AvgIpc) is 3.47. The second-order valence-electron chi connectivity index (χ2n) is 9.26. The van der Waals surface area contributed by atoms with Crippen LogP contribution in [-0.2, 0) is 19.1 Å². The number of fused-ring (bicyclic) bond motifs is 3. The van der Waals surface area contributed by atoms with Gasteiger partial charge in [-0.15, -0.1) is 0 Å². The van der Waals surface area contributed by atoms with E-state index >= 15 is 0 Å². The minimum Gasteiger partial charge on any atom is -0.480 e. The lowest BCUT2D eigenvalue weighted by molar-refractivity contribution is -0.145. The van der Waals surface area contributed by atoms with Gasteiger partial charge in [0, 0.05) is 25.0 Å². The summed E-state index contributed by atoms with van der Waals surface area (Å²) in [6.45, 7) is 4.44. The van der Waals surface area contributed by atoms with Crippen molar-refractivity contribution in [2.75, 3.05) is 19.8 Å². The van der Waals surface area contributed by atoms with Crippen molar-refractivity contribution in [2.45, 2.75) is 44.8 Å². The van der Waals surface area contributed by atoms with E-state index in [1.165, 1.54) is 0 Å². The van der Waals surface area contributed by atoms with Crippen LogP contribution in [0, 0.1) is 11.8 Å². The van der Waals surface area contributed by atoms with Crippen molar-refractivity contribution in [3.05, 3.63) is 59.7 Å². The topological polar surface area (TPSA) is 114 Å². The molecule has 1 fully saturated rings. The molecule has 186 valence electrons. The van der Waals surface area contributed by atoms with Crippen molar-refractivity contribution in [1.29, 1.82) is 0 Å². The van der Waals surface area contributed by atoms with Crippen LogP contribution in [0.15, 0.2) is 48.5 Å². The number of nitrogens with one attached hydrogen (secondary N) is 2. The van der Waals surface area contributed by atoms with Gasteiger partial charge in [0.25, 0.3) is 0 Å². The summed E-state index contributed by atoms with van der Waals surface area (Å²) >= 11 is 0. The SMILES string of the molecule is CC[C@H](C)[C@H](NC(=O)[C@@H]1OCC[C@@H]1CNC(=O)OCC1c2ccccc2-c2ccccc21)C(=O)O. The van der Waals surface area contributed by atoms with E-state index in [9.17, 15) is 19.5 Å². The molecule has 1 aliphatic carbocycles. The minimum atomic E-state index is -1.07. The zero-order chi connectivity index (χ0) is 24.9. The molecule has 2 amide bonds. The number of carboxylic acid groups (broad SMARTS) is 1. The first-order chi connectivity index (χ1) is 16.9. The van der Waals surface area contributed by atoms with E-state index in [1.54, 1.807) is 6.92 Å². The molecule has 0 aromatic heterocycles. The van der Waals surface area contributed by atoms with Crippen LogP contribution in [0.3, 0.4) is 0 Å². The molecule has 2 aliphatic rings. The Hall–Kier alpha value is -3.39. The van der Waals surface area contributed by atoms with Gasteiger partial charge in [0.1, 0.15) is 18.8 Å². The molecule has 4 atom stereocenters. The molecule has 0 unspecified atom stereocenters. The zero-order valence-electron chi connectivity index (χ0n) is 20.0. The smallest absolute Gasteiger partial charge is 0.407 e. The Morgan fingerprint density at radius 2 is 1.71 bits per heavy atom. The molecule has 8 heteroatoms. The van der Waals surface area contributed by atoms with Crippen LogP contribution in [-0.4, -0.2) is 55.0 Å². The number of carboxylic acids is 1. The molecule has 1 aliphatic heterocycles. The molecule has 3 N–H and O–H groups in total. The van der Waals surface area contributed by atoms with Gasteiger partial charge in [-0.2, -0.15) is 0 Å². The number of hydrogen-bond donors (Lipinski definition) is 3. The first kappa shape index (κ1) is 24.7. The van der Waals surface area contributed by atoms with Crippen LogP contribution in [0.4, 0.5) is 4.79 Å². The van der Waals surface area contributed by atoms with Crippen molar-refractivity contribution in [3.8, 4) is 11.1 Å². The lowest BCUT2D eigenvalue weighted by Crippen LogP contribution is -2.50. The average molecular weight is 481 g/mol. The predicted molar refractivity (Wildman–Crippen MR) is 130 cm³/mol. The quantitative estimate of drug-likeness (QED) is 0.506. The molecular formula is C27H32N2O6. The number of benzene rings is 2. The van der Waals surface area contributed by atoms with Crippen molar-refractivity contribution in [3.63, 3.8) is 0 Å². The highest BCUT2D eigenvalue weighted by molar-refractivity contribution is 5.87. The fourth-order valence-corrected chi connectivity index (χ4v) is 4.92. The first-order valence-electron chi connectivity index (χ1n) is 12.1. The standard InChI is InChI=1S/C27H32N2O6/c1-3-16(2)23(26(31)32)29-25(30)24-17(12-13-34-24)14-28-27(33)35-15-22-20-10-6-4-8-18(20)19-9-5-7-11-21(19)22/h4-11,16-17,22-24H,3,12-15H2,1-2H3,(H,28,33)(H,29,30)(H,31,32)/t16-,17+,23-,24+/m0/s1. The number of amides is 2. The Morgan fingerprint density at radius 1 is 1.09 bits per heavy atom. The molecule has 2 aromatic carbocycles. The number of carbonyl (C=O) groups excluding carboxylic acids is 2. The summed E-state index contributed by atoms with van der Waals surface area (Å²) in [5.41, 5.74) is 4.59. The van der Waals surface area contributed by atoms with E-state index in [4.69, 9.17) is 9.47 Å². The molecular weight excluding hydrogens is 448 g/mol. The highest BCUT2D eigenvalue weighted by Gasteiger charge is 2.37. The van der Waals surface area contributed by atoms with Gasteiger partial charge in [-0.05, 0) is 34.6 Å². The molecule has 2 aromatic rings. The van der Waals surface area contributed by atoms with Crippen LogP contribution in [0.1, 0.15) is 43.7 Å². The van der Waals surface area contributed by atoms with Crippen molar-refractivity contribution < 1.29 is 29.0 Å². The lowest BCUT2D eigenvalue weighted by Gasteiger charge is -2.24. The number of alkyl carbamates (subject to hydrolysis) is 1. The third kappa shape index (κ3) is 5.32. The normalized spacial score (nSPS) is 20.4. The van der Waals surface area contributed by atoms with Crippen molar-refractivity contribution in [2.24, 2.45) is 11.8 Å². The van der Waals surface area contributed by atoms with Crippen LogP contribution < -0.4 is 10.6 Å². The molecule has 1 heterocycles. The maximum Gasteiger partial charge on any atom is 0.407 e. The summed E-state index contributed by atoms with van der Waals surface area (Å²) in [4.78, 5) is 36.8. The first-order valence-corrected chi connectivity index (χ1v) is 12.1. The monoisotopic (exact) mass is 480 g/mol. The Labute approximate surface area is 205 Å². The van der Waals surface area contributed by atoms with Gasteiger partial charge in [0.2, 0.25) is 5.91 Å². The van der Waals surface area contributed by atoms with Gasteiger partial charge in [-0.1, -0.05) is 68.8 Å². The van der Waals surface area contributed by atoms with E-state index in [0.717, 1.165) is 22.3 Å². The Morgan fingerprint density at radius 3 is 2.31 bits per heavy atom. The summed E-state index contributed by atoms with van der Waals surface area (Å²) in [6.07, 6.45) is -0.158. The molecule has 0 radical (unpaired) electrons. The number of carbonyl (C=O) groups is 3. The van der Waals surface area contributed by atoms with Crippen LogP contribution in [0.5, 0.6) is 0 Å². The fraction of sp³-hybridized carbons (Fsp3) is 0.444. The number of hydrogen-bond acceptors (Lipinski definition) is 5. The second kappa shape index (κ2) is 10.9. The predicted octanol–water partition coefficient (Wildman–Crippen LogP) is 3.55. The molecule has 35 heavy (non-hydrogen) atoms. The third-order valence-electron chi connectivity index (χ3n) is 7.10. The summed E-state index contributed by atoms with van der Waals surface area (Å²) in [6, 6.07) is 15.3. The Kier molecular flexibility index (Phi) is 7.70. The largest absolute Gasteiger partial charge is 0.480 e. The van der Waals surface area contributed by atoms with Crippen molar-refractivity contribution in [1.82, 2.24) is 10.6 Å². The van der Waals surface area contributed by atoms with Gasteiger partial charge in [-0.3, -0.25) is 4.79 Å². The van der Waals surface area contributed by atoms with Gasteiger partial charge in [0.15, 0.2) is 0 Å². The van der Waals surface area contributed by atoms with Crippen LogP contribution in [0.2, 0.25) is 0 Å². The van der Waals surface area contributed by atoms with Crippen molar-refractivity contribution >= 4 is 18.0 Å². The lowest BCUT2D eigenvalue weighted by atomic mass is 9.97. The Bertz CT molecular complexity index is 1040. The molecule has 4 rings (SSSR count). The minimum absolute atomic E-state index is 0.0324. The summed E-state index contributed by atoms with van der Waals surface area (Å²) in [5, 5.41) is 14.8. The van der Waals surface area contributed by atoms with E-state index in [0.29, 0.717) is 19.4 Å². The fourth-order valence-electron chi connectivity index (χ4n) is 4.92. The van der Waals surface area contributed by atoms with Crippen LogP contribution >= 0.6 is 0 Å². The number of ether oxygens (including phenoxy) is 2. The van der Waals surface area contributed by atoms with Gasteiger partial charge >= 0.3 is 12.1 Å². The van der Waals surface area contributed by atoms with E-state index in [1.807, 2.05) is 31.2 Å². The van der Waals surface area contributed by atoms with Gasteiger partial charge in [-0.25, -0.2) is 9.59 Å². The second-order valence-corrected chi connectivity index (χ2v) is 9.26. The number of rotatable bonds is 9. The molecule has 0 saturated carbocycles. The van der Waals surface area contributed by atoms with Crippen LogP contribution in [0.25, 0.3) is 11.1 Å².